The van der Waals surface area contributed by atoms with Gasteiger partial charge in [0.15, 0.2) is 10.6 Å². The first-order valence-electron chi connectivity index (χ1n) is 7.48. The van der Waals surface area contributed by atoms with Crippen LogP contribution in [0.4, 0.5) is 18.9 Å². The SMILES string of the molecule is Cc1c(Cl)c(C(F)(F)F)nn1CCCNS(=O)(=O)c1ccccc1[N+](=O)[O-]. The molecule has 8 nitrogen and oxygen atoms in total. The van der Waals surface area contributed by atoms with E-state index in [0.717, 1.165) is 16.8 Å². The molecule has 0 saturated heterocycles. The summed E-state index contributed by atoms with van der Waals surface area (Å²) in [5.41, 5.74) is -1.68. The minimum Gasteiger partial charge on any atom is -0.268 e. The summed E-state index contributed by atoms with van der Waals surface area (Å²) in [7, 11) is -4.15. The molecule has 0 saturated carbocycles. The number of sulfonamides is 1. The van der Waals surface area contributed by atoms with E-state index in [1.54, 1.807) is 0 Å². The fraction of sp³-hybridized carbons (Fsp3) is 0.357. The molecule has 0 amide bonds. The Labute approximate surface area is 157 Å². The number of hydrogen-bond acceptors (Lipinski definition) is 5. The van der Waals surface area contributed by atoms with Gasteiger partial charge >= 0.3 is 6.18 Å². The van der Waals surface area contributed by atoms with Gasteiger partial charge in [-0.15, -0.1) is 0 Å². The number of nitro benzene ring substituents is 1. The lowest BCUT2D eigenvalue weighted by Crippen LogP contribution is -2.26. The molecule has 0 radical (unpaired) electrons. The van der Waals surface area contributed by atoms with E-state index in [1.807, 2.05) is 0 Å². The highest BCUT2D eigenvalue weighted by Gasteiger charge is 2.38. The molecule has 0 aliphatic heterocycles. The summed E-state index contributed by atoms with van der Waals surface area (Å²) >= 11 is 5.63. The average molecular weight is 427 g/mol. The van der Waals surface area contributed by atoms with Gasteiger partial charge < -0.3 is 0 Å². The first-order chi connectivity index (χ1) is 12.4. The van der Waals surface area contributed by atoms with Crippen molar-refractivity contribution in [1.82, 2.24) is 14.5 Å². The zero-order valence-electron chi connectivity index (χ0n) is 13.8. The van der Waals surface area contributed by atoms with Crippen molar-refractivity contribution in [2.45, 2.75) is 31.0 Å². The second kappa shape index (κ2) is 7.82. The molecule has 0 aliphatic rings. The molecule has 2 rings (SSSR count). The highest BCUT2D eigenvalue weighted by molar-refractivity contribution is 7.89. The van der Waals surface area contributed by atoms with Gasteiger partial charge in [-0.25, -0.2) is 13.1 Å². The van der Waals surface area contributed by atoms with Crippen LogP contribution in [-0.4, -0.2) is 29.7 Å². The van der Waals surface area contributed by atoms with Crippen molar-refractivity contribution in [3.8, 4) is 0 Å². The van der Waals surface area contributed by atoms with E-state index in [0.29, 0.717) is 0 Å². The number of aromatic nitrogens is 2. The Morgan fingerprint density at radius 1 is 1.33 bits per heavy atom. The first-order valence-corrected chi connectivity index (χ1v) is 9.34. The van der Waals surface area contributed by atoms with Gasteiger partial charge in [0.05, 0.1) is 15.6 Å². The third-order valence-electron chi connectivity index (χ3n) is 3.59. The highest BCUT2D eigenvalue weighted by Crippen LogP contribution is 2.35. The van der Waals surface area contributed by atoms with E-state index in [2.05, 4.69) is 9.82 Å². The lowest BCUT2D eigenvalue weighted by Gasteiger charge is -2.08. The lowest BCUT2D eigenvalue weighted by atomic mass is 10.3. The van der Waals surface area contributed by atoms with E-state index in [9.17, 15) is 31.7 Å². The van der Waals surface area contributed by atoms with Crippen LogP contribution < -0.4 is 4.72 Å². The Hall–Kier alpha value is -2.18. The molecule has 0 atom stereocenters. The smallest absolute Gasteiger partial charge is 0.268 e. The van der Waals surface area contributed by atoms with Crippen LogP contribution >= 0.6 is 11.6 Å². The summed E-state index contributed by atoms with van der Waals surface area (Å²) in [6, 6.07) is 4.82. The van der Waals surface area contributed by atoms with Gasteiger partial charge in [-0.2, -0.15) is 18.3 Å². The predicted octanol–water partition coefficient (Wildman–Crippen LogP) is 3.14. The Morgan fingerprint density at radius 2 is 1.96 bits per heavy atom. The fourth-order valence-corrected chi connectivity index (χ4v) is 3.76. The number of halogens is 4. The number of hydrogen-bond donors (Lipinski definition) is 1. The van der Waals surface area contributed by atoms with Crippen LogP contribution in [0.1, 0.15) is 17.8 Å². The minimum atomic E-state index is -4.69. The van der Waals surface area contributed by atoms with Crippen molar-refractivity contribution in [2.24, 2.45) is 0 Å². The van der Waals surface area contributed by atoms with Crippen LogP contribution in [0.2, 0.25) is 5.02 Å². The summed E-state index contributed by atoms with van der Waals surface area (Å²) in [6.45, 7) is 1.18. The number of benzene rings is 1. The molecule has 1 N–H and O–H groups in total. The second-order valence-electron chi connectivity index (χ2n) is 5.45. The monoisotopic (exact) mass is 426 g/mol. The van der Waals surface area contributed by atoms with Crippen molar-refractivity contribution in [1.29, 1.82) is 0 Å². The summed E-state index contributed by atoms with van der Waals surface area (Å²) in [5, 5.41) is 13.8. The molecule has 27 heavy (non-hydrogen) atoms. The Bertz CT molecular complexity index is 960. The topological polar surface area (TPSA) is 107 Å². The Balaban J connectivity index is 2.05. The molecule has 1 aromatic carbocycles. The number of para-hydroxylation sites is 1. The van der Waals surface area contributed by atoms with Gasteiger partial charge in [-0.3, -0.25) is 14.8 Å². The molecule has 148 valence electrons. The molecule has 0 spiro atoms. The van der Waals surface area contributed by atoms with Crippen LogP contribution in [0.25, 0.3) is 0 Å². The highest BCUT2D eigenvalue weighted by atomic mass is 35.5. The van der Waals surface area contributed by atoms with E-state index in [-0.39, 0.29) is 25.2 Å². The fourth-order valence-electron chi connectivity index (χ4n) is 2.27. The van der Waals surface area contributed by atoms with Crippen LogP contribution in [0.3, 0.4) is 0 Å². The minimum absolute atomic E-state index is 0.0267. The first kappa shape index (κ1) is 21.1. The molecule has 0 aliphatic carbocycles. The molecule has 0 unspecified atom stereocenters. The van der Waals surface area contributed by atoms with Crippen molar-refractivity contribution in [2.75, 3.05) is 6.54 Å². The lowest BCUT2D eigenvalue weighted by molar-refractivity contribution is -0.387. The molecular weight excluding hydrogens is 413 g/mol. The third-order valence-corrected chi connectivity index (χ3v) is 5.55. The third kappa shape index (κ3) is 4.76. The molecule has 0 fully saturated rings. The second-order valence-corrected chi connectivity index (χ2v) is 7.56. The number of nitrogens with one attached hydrogen (secondary N) is 1. The molecule has 1 aromatic heterocycles. The van der Waals surface area contributed by atoms with E-state index in [1.165, 1.54) is 19.1 Å². The standard InChI is InChI=1S/C14H14ClF3N4O4S/c1-9-12(15)13(14(16,17)18)20-21(9)8-4-7-19-27(25,26)11-6-3-2-5-10(11)22(23)24/h2-3,5-6,19H,4,7-8H2,1H3. The van der Waals surface area contributed by atoms with Crippen LogP contribution in [0, 0.1) is 17.0 Å². The van der Waals surface area contributed by atoms with Gasteiger partial charge in [0.2, 0.25) is 10.0 Å². The van der Waals surface area contributed by atoms with Crippen LogP contribution in [0.5, 0.6) is 0 Å². The molecule has 2 aromatic rings. The van der Waals surface area contributed by atoms with Gasteiger partial charge in [0.1, 0.15) is 0 Å². The van der Waals surface area contributed by atoms with Gasteiger partial charge in [0, 0.05) is 19.2 Å². The zero-order valence-corrected chi connectivity index (χ0v) is 15.4. The molecule has 0 bridgehead atoms. The number of alkyl halides is 3. The number of nitrogens with zero attached hydrogens (tertiary/aromatic N) is 3. The number of nitro groups is 1. The largest absolute Gasteiger partial charge is 0.436 e. The van der Waals surface area contributed by atoms with Crippen LogP contribution in [-0.2, 0) is 22.7 Å². The number of aryl methyl sites for hydroxylation is 1. The van der Waals surface area contributed by atoms with E-state index in [4.69, 9.17) is 11.6 Å². The predicted molar refractivity (Wildman–Crippen MR) is 89.9 cm³/mol. The van der Waals surface area contributed by atoms with E-state index >= 15 is 0 Å². The molecule has 13 heteroatoms. The van der Waals surface area contributed by atoms with Crippen LogP contribution in [0.15, 0.2) is 29.2 Å². The summed E-state index contributed by atoms with van der Waals surface area (Å²) in [5.74, 6) is 0. The summed E-state index contributed by atoms with van der Waals surface area (Å²) in [6.07, 6.45) is -4.60. The maximum absolute atomic E-state index is 12.8. The van der Waals surface area contributed by atoms with Gasteiger partial charge in [0.25, 0.3) is 5.69 Å². The van der Waals surface area contributed by atoms with Gasteiger partial charge in [-0.05, 0) is 19.4 Å². The van der Waals surface area contributed by atoms with E-state index < -0.39 is 42.4 Å². The average Bonchev–Trinajstić information content (AvgIpc) is 2.87. The Morgan fingerprint density at radius 3 is 2.52 bits per heavy atom. The normalized spacial score (nSPS) is 12.3. The number of rotatable bonds is 7. The van der Waals surface area contributed by atoms with Crippen molar-refractivity contribution < 1.29 is 26.5 Å². The van der Waals surface area contributed by atoms with Crippen molar-refractivity contribution in [3.63, 3.8) is 0 Å². The maximum atomic E-state index is 12.8. The Kier molecular flexibility index (Phi) is 6.12. The molecular formula is C14H14ClF3N4O4S. The van der Waals surface area contributed by atoms with Gasteiger partial charge in [-0.1, -0.05) is 23.7 Å². The summed E-state index contributed by atoms with van der Waals surface area (Å²) < 4.78 is 66.0. The quantitative estimate of drug-likeness (QED) is 0.416. The van der Waals surface area contributed by atoms with Crippen molar-refractivity contribution >= 4 is 27.3 Å². The molecule has 1 heterocycles. The van der Waals surface area contributed by atoms with Crippen molar-refractivity contribution in [3.05, 3.63) is 50.8 Å². The maximum Gasteiger partial charge on any atom is 0.436 e. The zero-order chi connectivity index (χ0) is 20.4. The summed E-state index contributed by atoms with van der Waals surface area (Å²) in [4.78, 5) is 9.62.